The maximum absolute atomic E-state index is 6.45. The molecule has 2 aromatic carbocycles. The third kappa shape index (κ3) is 6.19. The van der Waals surface area contributed by atoms with Crippen LogP contribution < -0.4 is 11.5 Å². The molecule has 0 bridgehead atoms. The van der Waals surface area contributed by atoms with E-state index in [1.54, 1.807) is 0 Å². The molecule has 2 aliphatic rings. The zero-order valence-corrected chi connectivity index (χ0v) is 23.0. The predicted octanol–water partition coefficient (Wildman–Crippen LogP) is 8.27. The summed E-state index contributed by atoms with van der Waals surface area (Å²) in [7, 11) is 0. The maximum atomic E-state index is 6.45. The topological polar surface area (TPSA) is 52.0 Å². The minimum atomic E-state index is 0.217. The molecule has 4 heteroatoms. The second-order valence-electron chi connectivity index (χ2n) is 11.5. The maximum Gasteiger partial charge on any atom is 0.0406 e. The van der Waals surface area contributed by atoms with Gasteiger partial charge in [-0.3, -0.25) is 0 Å². The highest BCUT2D eigenvalue weighted by atomic mass is 35.5. The van der Waals surface area contributed by atoms with Crippen LogP contribution in [0.1, 0.15) is 90.2 Å². The lowest BCUT2D eigenvalue weighted by Gasteiger charge is -2.47. The average Bonchev–Trinajstić information content (AvgIpc) is 2.68. The van der Waals surface area contributed by atoms with E-state index in [9.17, 15) is 0 Å². The average molecular weight is 504 g/mol. The van der Waals surface area contributed by atoms with Crippen molar-refractivity contribution in [2.24, 2.45) is 23.3 Å². The van der Waals surface area contributed by atoms with Gasteiger partial charge in [0.1, 0.15) is 0 Å². The molecule has 0 aliphatic heterocycles. The number of halogens is 2. The highest BCUT2D eigenvalue weighted by Crippen LogP contribution is 2.48. The quantitative estimate of drug-likeness (QED) is 0.381. The van der Waals surface area contributed by atoms with E-state index >= 15 is 0 Å². The van der Waals surface area contributed by atoms with Crippen LogP contribution in [0.4, 0.5) is 0 Å². The fourth-order valence-corrected chi connectivity index (χ4v) is 6.14. The summed E-state index contributed by atoms with van der Waals surface area (Å²) in [6, 6.07) is 17.1. The smallest absolute Gasteiger partial charge is 0.0406 e. The summed E-state index contributed by atoms with van der Waals surface area (Å²) in [5, 5.41) is 1.61. The Hall–Kier alpha value is -1.06. The van der Waals surface area contributed by atoms with Gasteiger partial charge in [0.2, 0.25) is 0 Å². The summed E-state index contributed by atoms with van der Waals surface area (Å²) in [6.07, 6.45) is 9.70. The molecule has 0 radical (unpaired) electrons. The predicted molar refractivity (Wildman–Crippen MR) is 149 cm³/mol. The molecule has 34 heavy (non-hydrogen) atoms. The molecule has 2 aliphatic carbocycles. The van der Waals surface area contributed by atoms with Gasteiger partial charge in [-0.1, -0.05) is 88.0 Å². The van der Waals surface area contributed by atoms with E-state index in [0.29, 0.717) is 11.8 Å². The molecule has 2 nitrogen and oxygen atoms in total. The molecule has 2 aromatic rings. The Morgan fingerprint density at radius 1 is 0.618 bits per heavy atom. The summed E-state index contributed by atoms with van der Waals surface area (Å²) in [5.74, 6) is 1.32. The Labute approximate surface area is 217 Å². The molecule has 0 amide bonds. The van der Waals surface area contributed by atoms with Gasteiger partial charge in [-0.25, -0.2) is 0 Å². The summed E-state index contributed by atoms with van der Waals surface area (Å²) >= 11 is 11.9. The molecule has 0 saturated heterocycles. The second-order valence-corrected chi connectivity index (χ2v) is 12.4. The van der Waals surface area contributed by atoms with Crippen molar-refractivity contribution in [3.8, 4) is 0 Å². The zero-order valence-electron chi connectivity index (χ0n) is 21.5. The lowest BCUT2D eigenvalue weighted by molar-refractivity contribution is 0.178. The van der Waals surface area contributed by atoms with E-state index in [0.717, 1.165) is 22.9 Å². The van der Waals surface area contributed by atoms with Gasteiger partial charge in [0, 0.05) is 33.0 Å². The molecule has 0 spiro atoms. The van der Waals surface area contributed by atoms with Crippen LogP contribution in [-0.2, 0) is 10.8 Å². The number of rotatable bonds is 8. The highest BCUT2D eigenvalue weighted by Gasteiger charge is 2.44. The van der Waals surface area contributed by atoms with E-state index in [-0.39, 0.29) is 22.9 Å². The summed E-state index contributed by atoms with van der Waals surface area (Å²) in [6.45, 7) is 8.98. The Kier molecular flexibility index (Phi) is 9.54. The van der Waals surface area contributed by atoms with Crippen molar-refractivity contribution in [1.29, 1.82) is 0 Å². The summed E-state index contributed by atoms with van der Waals surface area (Å²) in [5.41, 5.74) is 16.1. The molecule has 0 heterocycles. The van der Waals surface area contributed by atoms with Gasteiger partial charge in [0.05, 0.1) is 0 Å². The zero-order chi connectivity index (χ0) is 24.9. The van der Waals surface area contributed by atoms with Crippen LogP contribution in [0.25, 0.3) is 0 Å². The normalized spacial score (nSPS) is 20.1. The first-order valence-corrected chi connectivity index (χ1v) is 13.9. The third-order valence-corrected chi connectivity index (χ3v) is 8.70. The highest BCUT2D eigenvalue weighted by molar-refractivity contribution is 6.30. The molecule has 2 saturated carbocycles. The minimum absolute atomic E-state index is 0.217. The van der Waals surface area contributed by atoms with Crippen LogP contribution in [0.3, 0.4) is 0 Å². The standard InChI is InChI=1S/2C15H22ClN/c2*1-11(2)10-14(17)15(8-3-9-15)12-4-6-13(16)7-5-12/h2*4-7,11,14H,3,8-10,17H2,1-2H3/t14-;/m1./s1. The van der Waals surface area contributed by atoms with Crippen LogP contribution >= 0.6 is 23.2 Å². The molecular formula is C30H44Cl2N2. The molecule has 2 fully saturated rings. The number of nitrogens with two attached hydrogens (primary N) is 2. The van der Waals surface area contributed by atoms with Crippen molar-refractivity contribution in [1.82, 2.24) is 0 Å². The number of hydrogen-bond acceptors (Lipinski definition) is 2. The lowest BCUT2D eigenvalue weighted by Crippen LogP contribution is -2.50. The van der Waals surface area contributed by atoms with Crippen molar-refractivity contribution in [3.05, 3.63) is 69.7 Å². The van der Waals surface area contributed by atoms with Crippen LogP contribution in [0.2, 0.25) is 10.0 Å². The Balaban J connectivity index is 0.000000191. The molecule has 188 valence electrons. The van der Waals surface area contributed by atoms with Gasteiger partial charge in [-0.15, -0.1) is 0 Å². The van der Waals surface area contributed by atoms with Gasteiger partial charge in [-0.2, -0.15) is 0 Å². The largest absolute Gasteiger partial charge is 0.327 e. The van der Waals surface area contributed by atoms with Crippen LogP contribution in [-0.4, -0.2) is 12.1 Å². The van der Waals surface area contributed by atoms with E-state index in [1.165, 1.54) is 49.7 Å². The monoisotopic (exact) mass is 502 g/mol. The lowest BCUT2D eigenvalue weighted by atomic mass is 9.59. The van der Waals surface area contributed by atoms with Gasteiger partial charge in [0.15, 0.2) is 0 Å². The fourth-order valence-electron chi connectivity index (χ4n) is 5.89. The Morgan fingerprint density at radius 2 is 0.912 bits per heavy atom. The number of benzene rings is 2. The second kappa shape index (κ2) is 11.8. The Bertz CT molecular complexity index is 806. The molecular weight excluding hydrogens is 459 g/mol. The van der Waals surface area contributed by atoms with Gasteiger partial charge < -0.3 is 11.5 Å². The number of hydrogen-bond donors (Lipinski definition) is 2. The molecule has 1 unspecified atom stereocenters. The first kappa shape index (κ1) is 27.5. The van der Waals surface area contributed by atoms with Crippen molar-refractivity contribution < 1.29 is 0 Å². The fraction of sp³-hybridized carbons (Fsp3) is 0.600. The Morgan fingerprint density at radius 3 is 1.12 bits per heavy atom. The molecule has 0 aromatic heterocycles. The van der Waals surface area contributed by atoms with Crippen molar-refractivity contribution in [3.63, 3.8) is 0 Å². The molecule has 4 rings (SSSR count). The molecule has 4 N–H and O–H groups in total. The van der Waals surface area contributed by atoms with E-state index < -0.39 is 0 Å². The van der Waals surface area contributed by atoms with E-state index in [4.69, 9.17) is 34.7 Å². The van der Waals surface area contributed by atoms with Gasteiger partial charge in [0.25, 0.3) is 0 Å². The van der Waals surface area contributed by atoms with Crippen molar-refractivity contribution in [2.45, 2.75) is 102 Å². The summed E-state index contributed by atoms with van der Waals surface area (Å²) < 4.78 is 0. The van der Waals surface area contributed by atoms with Gasteiger partial charge >= 0.3 is 0 Å². The molecule has 2 atom stereocenters. The van der Waals surface area contributed by atoms with Crippen molar-refractivity contribution >= 4 is 23.2 Å². The summed E-state index contributed by atoms with van der Waals surface area (Å²) in [4.78, 5) is 0. The SMILES string of the molecule is CC(C)CC(N)C1(c2ccc(Cl)cc2)CCC1.CC(C)C[C@@H](N)C1(c2ccc(Cl)cc2)CCC1. The van der Waals surface area contributed by atoms with Crippen molar-refractivity contribution in [2.75, 3.05) is 0 Å². The van der Waals surface area contributed by atoms with Crippen LogP contribution in [0, 0.1) is 11.8 Å². The van der Waals surface area contributed by atoms with E-state index in [1.807, 2.05) is 24.3 Å². The minimum Gasteiger partial charge on any atom is -0.327 e. The first-order valence-electron chi connectivity index (χ1n) is 13.1. The first-order chi connectivity index (χ1) is 16.1. The van der Waals surface area contributed by atoms with E-state index in [2.05, 4.69) is 52.0 Å². The van der Waals surface area contributed by atoms with Crippen LogP contribution in [0.5, 0.6) is 0 Å². The van der Waals surface area contributed by atoms with Gasteiger partial charge in [-0.05, 0) is 85.8 Å². The van der Waals surface area contributed by atoms with Crippen LogP contribution in [0.15, 0.2) is 48.5 Å². The third-order valence-electron chi connectivity index (χ3n) is 8.20.